The van der Waals surface area contributed by atoms with E-state index in [-0.39, 0.29) is 30.9 Å². The van der Waals surface area contributed by atoms with Crippen LogP contribution in [0, 0.1) is 0 Å². The van der Waals surface area contributed by atoms with E-state index >= 15 is 0 Å². The summed E-state index contributed by atoms with van der Waals surface area (Å²) in [6.07, 6.45) is 0.400. The molecule has 8 heteroatoms. The monoisotopic (exact) mass is 393 g/mol. The van der Waals surface area contributed by atoms with Gasteiger partial charge in [0.05, 0.1) is 17.5 Å². The van der Waals surface area contributed by atoms with Crippen LogP contribution < -0.4 is 11.0 Å². The van der Waals surface area contributed by atoms with Crippen LogP contribution in [0.15, 0.2) is 47.3 Å². The predicted molar refractivity (Wildman–Crippen MR) is 105 cm³/mol. The summed E-state index contributed by atoms with van der Waals surface area (Å²) in [5, 5.41) is 11.3. The van der Waals surface area contributed by atoms with Crippen molar-refractivity contribution in [2.75, 3.05) is 0 Å². The summed E-state index contributed by atoms with van der Waals surface area (Å²) in [5.41, 5.74) is 3.29. The van der Waals surface area contributed by atoms with E-state index in [2.05, 4.69) is 5.32 Å². The van der Waals surface area contributed by atoms with Gasteiger partial charge in [-0.2, -0.15) is 0 Å². The van der Waals surface area contributed by atoms with Crippen LogP contribution in [0.4, 0.5) is 0 Å². The molecule has 1 atom stereocenters. The maximum Gasteiger partial charge on any atom is 0.329 e. The number of hydrogen-bond donors (Lipinski definition) is 2. The highest BCUT2D eigenvalue weighted by atomic mass is 16.4. The van der Waals surface area contributed by atoms with Crippen molar-refractivity contribution in [2.24, 2.45) is 7.05 Å². The summed E-state index contributed by atoms with van der Waals surface area (Å²) in [4.78, 5) is 47.5. The number of imide groups is 1. The van der Waals surface area contributed by atoms with Gasteiger partial charge >= 0.3 is 11.7 Å². The second-order valence-corrected chi connectivity index (χ2v) is 7.15. The summed E-state index contributed by atoms with van der Waals surface area (Å²) in [6.45, 7) is 0. The maximum absolute atomic E-state index is 12.8. The van der Waals surface area contributed by atoms with Gasteiger partial charge in [-0.05, 0) is 35.2 Å². The van der Waals surface area contributed by atoms with Gasteiger partial charge in [0.25, 0.3) is 0 Å². The number of benzene rings is 2. The number of fused-ring (bicyclic) bond motifs is 1. The van der Waals surface area contributed by atoms with Crippen LogP contribution in [-0.4, -0.2) is 32.0 Å². The molecular weight excluding hydrogens is 374 g/mol. The zero-order chi connectivity index (χ0) is 20.7. The van der Waals surface area contributed by atoms with E-state index < -0.39 is 17.9 Å². The first-order valence-electron chi connectivity index (χ1n) is 9.21. The van der Waals surface area contributed by atoms with Gasteiger partial charge in [0.1, 0.15) is 6.04 Å². The largest absolute Gasteiger partial charge is 0.481 e. The number of carbonyl (C=O) groups excluding carboxylic acids is 2. The number of hydrogen-bond acceptors (Lipinski definition) is 4. The number of aliphatic carboxylic acids is 1. The van der Waals surface area contributed by atoms with Crippen molar-refractivity contribution in [2.45, 2.75) is 25.3 Å². The molecule has 1 aromatic heterocycles. The zero-order valence-electron chi connectivity index (χ0n) is 15.7. The molecular formula is C21H19N3O5. The minimum Gasteiger partial charge on any atom is -0.481 e. The van der Waals surface area contributed by atoms with Crippen LogP contribution in [-0.2, 0) is 27.9 Å². The molecule has 1 aliphatic heterocycles. The van der Waals surface area contributed by atoms with Crippen molar-refractivity contribution in [3.63, 3.8) is 0 Å². The first-order chi connectivity index (χ1) is 13.8. The Morgan fingerprint density at radius 1 is 1.10 bits per heavy atom. The molecule has 1 aliphatic rings. The van der Waals surface area contributed by atoms with Gasteiger partial charge in [0.15, 0.2) is 0 Å². The molecule has 29 heavy (non-hydrogen) atoms. The highest BCUT2D eigenvalue weighted by Gasteiger charge is 2.31. The molecule has 1 saturated heterocycles. The first-order valence-corrected chi connectivity index (χ1v) is 9.21. The van der Waals surface area contributed by atoms with Crippen LogP contribution in [0.1, 0.15) is 24.4 Å². The molecule has 3 aromatic rings. The molecule has 1 unspecified atom stereocenters. The third-order valence-electron chi connectivity index (χ3n) is 5.23. The van der Waals surface area contributed by atoms with Gasteiger partial charge in [0, 0.05) is 13.5 Å². The van der Waals surface area contributed by atoms with Crippen molar-refractivity contribution >= 4 is 28.8 Å². The van der Waals surface area contributed by atoms with E-state index in [9.17, 15) is 19.2 Å². The molecule has 8 nitrogen and oxygen atoms in total. The number of nitrogens with zero attached hydrogens (tertiary/aromatic N) is 2. The van der Waals surface area contributed by atoms with E-state index in [1.54, 1.807) is 25.2 Å². The highest BCUT2D eigenvalue weighted by Crippen LogP contribution is 2.28. The number of aryl methyl sites for hydroxylation is 1. The molecule has 1 fully saturated rings. The highest BCUT2D eigenvalue weighted by molar-refractivity contribution is 6.00. The fourth-order valence-electron chi connectivity index (χ4n) is 3.81. The summed E-state index contributed by atoms with van der Waals surface area (Å²) in [7, 11) is 1.64. The third kappa shape index (κ3) is 3.33. The Bertz CT molecular complexity index is 1220. The van der Waals surface area contributed by atoms with Crippen LogP contribution in [0.2, 0.25) is 0 Å². The van der Waals surface area contributed by atoms with E-state index in [0.29, 0.717) is 16.6 Å². The van der Waals surface area contributed by atoms with Gasteiger partial charge in [-0.25, -0.2) is 4.79 Å². The minimum absolute atomic E-state index is 0.0690. The van der Waals surface area contributed by atoms with Crippen LogP contribution in [0.3, 0.4) is 0 Å². The number of nitrogens with one attached hydrogen (secondary N) is 1. The Labute approximate surface area is 165 Å². The topological polar surface area (TPSA) is 110 Å². The molecule has 0 spiro atoms. The number of carboxylic acid groups (broad SMARTS) is 1. The summed E-state index contributed by atoms with van der Waals surface area (Å²) >= 11 is 0. The molecule has 2 aromatic carbocycles. The molecule has 4 rings (SSSR count). The normalized spacial score (nSPS) is 16.8. The number of amides is 2. The predicted octanol–water partition coefficient (Wildman–Crippen LogP) is 1.61. The lowest BCUT2D eigenvalue weighted by molar-refractivity contribution is -0.137. The van der Waals surface area contributed by atoms with Crippen molar-refractivity contribution in [1.82, 2.24) is 14.5 Å². The Kier molecular flexibility index (Phi) is 4.54. The van der Waals surface area contributed by atoms with Crippen LogP contribution in [0.25, 0.3) is 22.2 Å². The van der Waals surface area contributed by atoms with E-state index in [0.717, 1.165) is 11.1 Å². The number of piperidine rings is 1. The Morgan fingerprint density at radius 2 is 1.86 bits per heavy atom. The van der Waals surface area contributed by atoms with Gasteiger partial charge < -0.3 is 5.11 Å². The van der Waals surface area contributed by atoms with Crippen LogP contribution >= 0.6 is 0 Å². The number of carbonyl (C=O) groups is 3. The molecule has 0 radical (unpaired) electrons. The van der Waals surface area contributed by atoms with Gasteiger partial charge in [0.2, 0.25) is 11.8 Å². The Hall–Kier alpha value is -3.68. The molecule has 2 N–H and O–H groups in total. The van der Waals surface area contributed by atoms with Gasteiger partial charge in [-0.15, -0.1) is 0 Å². The molecule has 2 heterocycles. The summed E-state index contributed by atoms with van der Waals surface area (Å²) in [6, 6.07) is 12.0. The van der Waals surface area contributed by atoms with E-state index in [1.807, 2.05) is 24.3 Å². The Balaban J connectivity index is 1.79. The lowest BCUT2D eigenvalue weighted by Gasteiger charge is -2.21. The fraction of sp³-hybridized carbons (Fsp3) is 0.238. The average Bonchev–Trinajstić information content (AvgIpc) is 2.92. The minimum atomic E-state index is -0.902. The number of carboxylic acids is 1. The second-order valence-electron chi connectivity index (χ2n) is 7.15. The van der Waals surface area contributed by atoms with Gasteiger partial charge in [-0.1, -0.05) is 30.3 Å². The SMILES string of the molecule is Cn1c(=O)n(C2CCC(=O)NC2=O)c2ccc(-c3cccc(CC(=O)O)c3)cc21. The standard InChI is InChI=1S/C21H19N3O5/c1-23-17-11-14(13-4-2-3-12(9-13)10-19(26)27)5-6-15(17)24(21(23)29)16-7-8-18(25)22-20(16)28/h2-6,9,11,16H,7-8,10H2,1H3,(H,26,27)(H,22,25,28). The van der Waals surface area contributed by atoms with Crippen molar-refractivity contribution < 1.29 is 19.5 Å². The van der Waals surface area contributed by atoms with Gasteiger partial charge in [-0.3, -0.25) is 28.8 Å². The van der Waals surface area contributed by atoms with Crippen molar-refractivity contribution in [1.29, 1.82) is 0 Å². The van der Waals surface area contributed by atoms with E-state index in [4.69, 9.17) is 5.11 Å². The summed E-state index contributed by atoms with van der Waals surface area (Å²) < 4.78 is 2.91. The molecule has 0 bridgehead atoms. The zero-order valence-corrected chi connectivity index (χ0v) is 15.7. The lowest BCUT2D eigenvalue weighted by Crippen LogP contribution is -2.44. The fourth-order valence-corrected chi connectivity index (χ4v) is 3.81. The molecule has 148 valence electrons. The molecule has 0 saturated carbocycles. The number of aromatic nitrogens is 2. The smallest absolute Gasteiger partial charge is 0.329 e. The summed E-state index contributed by atoms with van der Waals surface area (Å²) in [5.74, 6) is -1.70. The van der Waals surface area contributed by atoms with E-state index in [1.165, 1.54) is 9.13 Å². The van der Waals surface area contributed by atoms with Crippen molar-refractivity contribution in [3.8, 4) is 11.1 Å². The molecule has 0 aliphatic carbocycles. The molecule has 2 amide bonds. The van der Waals surface area contributed by atoms with Crippen molar-refractivity contribution in [3.05, 3.63) is 58.5 Å². The quantitative estimate of drug-likeness (QED) is 0.655. The maximum atomic E-state index is 12.8. The first kappa shape index (κ1) is 18.7. The second kappa shape index (κ2) is 7.05. The Morgan fingerprint density at radius 3 is 2.59 bits per heavy atom. The van der Waals surface area contributed by atoms with Crippen LogP contribution in [0.5, 0.6) is 0 Å². The number of rotatable bonds is 4. The third-order valence-corrected chi connectivity index (χ3v) is 5.23. The lowest BCUT2D eigenvalue weighted by atomic mass is 10.0. The number of imidazole rings is 1. The average molecular weight is 393 g/mol.